The molecule has 6 heteroatoms. The Morgan fingerprint density at radius 1 is 1.29 bits per heavy atom. The maximum Gasteiger partial charge on any atom is 0.326 e. The van der Waals surface area contributed by atoms with Crippen molar-refractivity contribution in [2.45, 2.75) is 33.7 Å². The number of rotatable bonds is 4. The minimum Gasteiger partial charge on any atom is -0.497 e. The molecule has 0 saturated carbocycles. The molecule has 0 aromatic heterocycles. The van der Waals surface area contributed by atoms with Crippen LogP contribution < -0.4 is 15.4 Å². The quantitative estimate of drug-likeness (QED) is 0.796. The highest BCUT2D eigenvalue weighted by Crippen LogP contribution is 2.22. The van der Waals surface area contributed by atoms with Gasteiger partial charge in [0, 0.05) is 5.69 Å². The zero-order valence-electron chi connectivity index (χ0n) is 13.0. The molecule has 1 atom stereocenters. The van der Waals surface area contributed by atoms with Gasteiger partial charge in [-0.2, -0.15) is 0 Å². The number of hydrogen-bond donors (Lipinski definition) is 3. The second-order valence-corrected chi connectivity index (χ2v) is 5.92. The van der Waals surface area contributed by atoms with Gasteiger partial charge in [0.1, 0.15) is 11.8 Å². The summed E-state index contributed by atoms with van der Waals surface area (Å²) in [6, 6.07) is 3.69. The lowest BCUT2D eigenvalue weighted by atomic mass is 9.87. The van der Waals surface area contributed by atoms with Gasteiger partial charge in [0.05, 0.1) is 7.11 Å². The number of nitrogens with one attached hydrogen (secondary N) is 2. The van der Waals surface area contributed by atoms with Crippen LogP contribution in [-0.4, -0.2) is 30.3 Å². The van der Waals surface area contributed by atoms with Crippen molar-refractivity contribution < 1.29 is 19.4 Å². The Kier molecular flexibility index (Phi) is 5.18. The number of hydrogen-bond acceptors (Lipinski definition) is 3. The van der Waals surface area contributed by atoms with Gasteiger partial charge in [-0.05, 0) is 36.1 Å². The number of ether oxygens (including phenoxy) is 1. The van der Waals surface area contributed by atoms with Crippen molar-refractivity contribution in [2.75, 3.05) is 12.4 Å². The second kappa shape index (κ2) is 6.47. The van der Waals surface area contributed by atoms with E-state index in [1.807, 2.05) is 6.92 Å². The summed E-state index contributed by atoms with van der Waals surface area (Å²) in [6.07, 6.45) is 0. The maximum atomic E-state index is 12.0. The summed E-state index contributed by atoms with van der Waals surface area (Å²) < 4.78 is 5.09. The van der Waals surface area contributed by atoms with Gasteiger partial charge in [-0.3, -0.25) is 0 Å². The first kappa shape index (κ1) is 16.8. The first-order valence-corrected chi connectivity index (χ1v) is 6.60. The van der Waals surface area contributed by atoms with Crippen molar-refractivity contribution in [1.82, 2.24) is 5.32 Å². The summed E-state index contributed by atoms with van der Waals surface area (Å²) >= 11 is 0. The van der Waals surface area contributed by atoms with E-state index in [0.717, 1.165) is 5.56 Å². The molecule has 2 amide bonds. The molecule has 1 rings (SSSR count). The van der Waals surface area contributed by atoms with Crippen LogP contribution in [0.1, 0.15) is 26.3 Å². The van der Waals surface area contributed by atoms with Crippen LogP contribution >= 0.6 is 0 Å². The van der Waals surface area contributed by atoms with Gasteiger partial charge < -0.3 is 20.5 Å². The van der Waals surface area contributed by atoms with Crippen LogP contribution in [0.15, 0.2) is 18.2 Å². The summed E-state index contributed by atoms with van der Waals surface area (Å²) in [5, 5.41) is 14.3. The van der Waals surface area contributed by atoms with Crippen LogP contribution in [0.5, 0.6) is 5.75 Å². The lowest BCUT2D eigenvalue weighted by Crippen LogP contribution is -2.50. The third kappa shape index (κ3) is 4.66. The second-order valence-electron chi connectivity index (χ2n) is 5.92. The zero-order valence-corrected chi connectivity index (χ0v) is 13.0. The van der Waals surface area contributed by atoms with Crippen LogP contribution in [0.25, 0.3) is 0 Å². The van der Waals surface area contributed by atoms with E-state index in [0.29, 0.717) is 11.4 Å². The average Bonchev–Trinajstić information content (AvgIpc) is 2.36. The molecule has 1 aromatic rings. The molecule has 0 aliphatic rings. The molecule has 0 fully saturated rings. The smallest absolute Gasteiger partial charge is 0.326 e. The van der Waals surface area contributed by atoms with E-state index in [-0.39, 0.29) is 0 Å². The molecule has 0 radical (unpaired) electrons. The van der Waals surface area contributed by atoms with Crippen molar-refractivity contribution in [2.24, 2.45) is 5.41 Å². The molecule has 21 heavy (non-hydrogen) atoms. The van der Waals surface area contributed by atoms with E-state index in [2.05, 4.69) is 10.6 Å². The Bertz CT molecular complexity index is 535. The number of aryl methyl sites for hydroxylation is 1. The fourth-order valence-corrected chi connectivity index (χ4v) is 1.84. The molecular formula is C15H22N2O4. The number of carboxylic acids is 1. The third-order valence-corrected chi connectivity index (χ3v) is 3.07. The number of carboxylic acid groups (broad SMARTS) is 1. The topological polar surface area (TPSA) is 87.7 Å². The highest BCUT2D eigenvalue weighted by atomic mass is 16.5. The minimum absolute atomic E-state index is 0.550. The summed E-state index contributed by atoms with van der Waals surface area (Å²) in [6.45, 7) is 7.09. The molecule has 116 valence electrons. The molecule has 0 heterocycles. The van der Waals surface area contributed by atoms with Crippen LogP contribution in [-0.2, 0) is 4.79 Å². The Labute approximate surface area is 124 Å². The van der Waals surface area contributed by atoms with Crippen LogP contribution in [0.4, 0.5) is 10.5 Å². The van der Waals surface area contributed by atoms with Gasteiger partial charge in [0.15, 0.2) is 0 Å². The van der Waals surface area contributed by atoms with Crippen LogP contribution in [0.3, 0.4) is 0 Å². The largest absolute Gasteiger partial charge is 0.497 e. The number of methoxy groups -OCH3 is 1. The van der Waals surface area contributed by atoms with Crippen molar-refractivity contribution in [3.05, 3.63) is 23.8 Å². The van der Waals surface area contributed by atoms with E-state index in [1.54, 1.807) is 46.1 Å². The van der Waals surface area contributed by atoms with E-state index in [4.69, 9.17) is 4.74 Å². The molecule has 0 saturated heterocycles. The SMILES string of the molecule is COc1ccc(NC(=O)NC(C(=O)O)C(C)(C)C)c(C)c1. The maximum absolute atomic E-state index is 12.0. The fraction of sp³-hybridized carbons (Fsp3) is 0.467. The number of benzene rings is 1. The monoisotopic (exact) mass is 294 g/mol. The number of anilines is 1. The van der Waals surface area contributed by atoms with Crippen molar-refractivity contribution >= 4 is 17.7 Å². The van der Waals surface area contributed by atoms with Gasteiger partial charge in [-0.25, -0.2) is 9.59 Å². The lowest BCUT2D eigenvalue weighted by Gasteiger charge is -2.27. The summed E-state index contributed by atoms with van der Waals surface area (Å²) in [5.74, 6) is -0.374. The normalized spacial score (nSPS) is 12.4. The van der Waals surface area contributed by atoms with E-state index in [1.165, 1.54) is 0 Å². The van der Waals surface area contributed by atoms with Crippen LogP contribution in [0.2, 0.25) is 0 Å². The first-order chi connectivity index (χ1) is 9.65. The third-order valence-electron chi connectivity index (χ3n) is 3.07. The summed E-state index contributed by atoms with van der Waals surface area (Å²) in [7, 11) is 1.56. The lowest BCUT2D eigenvalue weighted by molar-refractivity contribution is -0.141. The van der Waals surface area contributed by atoms with Gasteiger partial charge in [-0.15, -0.1) is 0 Å². The minimum atomic E-state index is -1.07. The Morgan fingerprint density at radius 2 is 1.90 bits per heavy atom. The zero-order chi connectivity index (χ0) is 16.2. The standard InChI is InChI=1S/C15H22N2O4/c1-9-8-10(21-5)6-7-11(9)16-14(20)17-12(13(18)19)15(2,3)4/h6-8,12H,1-5H3,(H,18,19)(H2,16,17,20). The predicted octanol–water partition coefficient (Wildman–Crippen LogP) is 2.62. The summed E-state index contributed by atoms with van der Waals surface area (Å²) in [5.41, 5.74) is 0.844. The van der Waals surface area contributed by atoms with Crippen LogP contribution in [0, 0.1) is 12.3 Å². The molecule has 0 spiro atoms. The van der Waals surface area contributed by atoms with Crippen molar-refractivity contribution in [3.63, 3.8) is 0 Å². The number of urea groups is 1. The Hall–Kier alpha value is -2.24. The number of carbonyl (C=O) groups is 2. The average molecular weight is 294 g/mol. The van der Waals surface area contributed by atoms with E-state index >= 15 is 0 Å². The van der Waals surface area contributed by atoms with Crippen molar-refractivity contribution in [1.29, 1.82) is 0 Å². The highest BCUT2D eigenvalue weighted by Gasteiger charge is 2.32. The molecule has 1 aromatic carbocycles. The fourth-order valence-electron chi connectivity index (χ4n) is 1.84. The molecule has 0 bridgehead atoms. The van der Waals surface area contributed by atoms with E-state index in [9.17, 15) is 14.7 Å². The van der Waals surface area contributed by atoms with Gasteiger partial charge in [-0.1, -0.05) is 20.8 Å². The number of carbonyl (C=O) groups excluding carboxylic acids is 1. The molecule has 0 aliphatic heterocycles. The Morgan fingerprint density at radius 3 is 2.33 bits per heavy atom. The molecule has 1 unspecified atom stereocenters. The number of aliphatic carboxylic acids is 1. The van der Waals surface area contributed by atoms with Crippen molar-refractivity contribution in [3.8, 4) is 5.75 Å². The van der Waals surface area contributed by atoms with Gasteiger partial charge >= 0.3 is 12.0 Å². The van der Waals surface area contributed by atoms with E-state index < -0.39 is 23.5 Å². The molecule has 3 N–H and O–H groups in total. The first-order valence-electron chi connectivity index (χ1n) is 6.60. The molecular weight excluding hydrogens is 272 g/mol. The molecule has 6 nitrogen and oxygen atoms in total. The van der Waals surface area contributed by atoms with Gasteiger partial charge in [0.25, 0.3) is 0 Å². The Balaban J connectivity index is 2.79. The van der Waals surface area contributed by atoms with Gasteiger partial charge in [0.2, 0.25) is 0 Å². The predicted molar refractivity (Wildman–Crippen MR) is 80.8 cm³/mol. The summed E-state index contributed by atoms with van der Waals surface area (Å²) in [4.78, 5) is 23.2. The highest BCUT2D eigenvalue weighted by molar-refractivity contribution is 5.93. The number of amides is 2. The molecule has 0 aliphatic carbocycles.